The van der Waals surface area contributed by atoms with Gasteiger partial charge >= 0.3 is 0 Å². The Labute approximate surface area is 171 Å². The van der Waals surface area contributed by atoms with E-state index in [1.165, 1.54) is 23.6 Å². The number of nitrogens with one attached hydrogen (secondary N) is 2. The number of nitro benzene ring substituents is 1. The van der Waals surface area contributed by atoms with Crippen molar-refractivity contribution in [2.75, 3.05) is 24.3 Å². The molecule has 0 saturated heterocycles. The van der Waals surface area contributed by atoms with E-state index >= 15 is 0 Å². The average molecular weight is 412 g/mol. The molecule has 0 bridgehead atoms. The molecule has 0 unspecified atom stereocenters. The molecule has 0 aliphatic heterocycles. The van der Waals surface area contributed by atoms with E-state index in [4.69, 9.17) is 0 Å². The van der Waals surface area contributed by atoms with Gasteiger partial charge in [0.2, 0.25) is 0 Å². The predicted octanol–water partition coefficient (Wildman–Crippen LogP) is 3.22. The molecule has 3 rings (SSSR count). The molecule has 2 N–H and O–H groups in total. The van der Waals surface area contributed by atoms with Crippen LogP contribution in [0.25, 0.3) is 10.2 Å². The molecular weight excluding hydrogens is 392 g/mol. The third kappa shape index (κ3) is 4.85. The van der Waals surface area contributed by atoms with Crippen molar-refractivity contribution in [2.45, 2.75) is 13.0 Å². The predicted molar refractivity (Wildman–Crippen MR) is 116 cm³/mol. The third-order valence-corrected chi connectivity index (χ3v) is 5.06. The molecule has 0 aliphatic rings. The Bertz CT molecular complexity index is 1050. The highest BCUT2D eigenvalue weighted by Gasteiger charge is 2.16. The fraction of sp³-hybridized carbons (Fsp3) is 0.211. The molecule has 1 atom stereocenters. The minimum absolute atomic E-state index is 0.0313. The maximum absolute atomic E-state index is 12.2. The standard InChI is InChI=1S/C19H20N6O3S/c1-12(21-19-22-14-6-4-5-7-17(14)29-19)18(26)23-20-11-13-8-9-15(24(2)3)16(10-13)25(27)28/h4-12H,1-3H3,(H,21,22)(H,23,26)/b20-11-/t12-/m1/s1. The summed E-state index contributed by atoms with van der Waals surface area (Å²) in [5.41, 5.74) is 4.27. The lowest BCUT2D eigenvalue weighted by Crippen LogP contribution is -2.34. The van der Waals surface area contributed by atoms with E-state index in [0.29, 0.717) is 16.4 Å². The number of nitrogens with zero attached hydrogens (tertiary/aromatic N) is 4. The van der Waals surface area contributed by atoms with Crippen molar-refractivity contribution in [3.05, 3.63) is 58.1 Å². The number of nitro groups is 1. The van der Waals surface area contributed by atoms with Gasteiger partial charge in [0.05, 0.1) is 21.4 Å². The van der Waals surface area contributed by atoms with E-state index in [-0.39, 0.29) is 11.6 Å². The summed E-state index contributed by atoms with van der Waals surface area (Å²) in [7, 11) is 3.46. The zero-order chi connectivity index (χ0) is 21.0. The van der Waals surface area contributed by atoms with Gasteiger partial charge in [-0.15, -0.1) is 0 Å². The number of benzene rings is 2. The van der Waals surface area contributed by atoms with Gasteiger partial charge in [0.25, 0.3) is 11.6 Å². The monoisotopic (exact) mass is 412 g/mol. The lowest BCUT2D eigenvalue weighted by Gasteiger charge is -2.12. The van der Waals surface area contributed by atoms with Crippen LogP contribution in [0.15, 0.2) is 47.6 Å². The first kappa shape index (κ1) is 20.2. The van der Waals surface area contributed by atoms with Crippen molar-refractivity contribution >= 4 is 50.2 Å². The number of para-hydroxylation sites is 1. The van der Waals surface area contributed by atoms with Crippen LogP contribution >= 0.6 is 11.3 Å². The first-order valence-corrected chi connectivity index (χ1v) is 9.57. The second kappa shape index (κ2) is 8.65. The second-order valence-electron chi connectivity index (χ2n) is 6.49. The van der Waals surface area contributed by atoms with E-state index in [9.17, 15) is 14.9 Å². The van der Waals surface area contributed by atoms with Gasteiger partial charge < -0.3 is 10.2 Å². The van der Waals surface area contributed by atoms with E-state index in [0.717, 1.165) is 10.2 Å². The van der Waals surface area contributed by atoms with Crippen LogP contribution in [0.1, 0.15) is 12.5 Å². The van der Waals surface area contributed by atoms with Gasteiger partial charge in [-0.25, -0.2) is 10.4 Å². The number of fused-ring (bicyclic) bond motifs is 1. The Hall–Kier alpha value is -3.53. The van der Waals surface area contributed by atoms with Gasteiger partial charge in [-0.2, -0.15) is 5.10 Å². The van der Waals surface area contributed by atoms with Gasteiger partial charge in [-0.1, -0.05) is 29.5 Å². The summed E-state index contributed by atoms with van der Waals surface area (Å²) in [5, 5.41) is 18.8. The summed E-state index contributed by atoms with van der Waals surface area (Å²) >= 11 is 1.46. The molecule has 1 heterocycles. The van der Waals surface area contributed by atoms with Gasteiger partial charge in [0, 0.05) is 25.7 Å². The van der Waals surface area contributed by atoms with E-state index < -0.39 is 11.0 Å². The quantitative estimate of drug-likeness (QED) is 0.350. The summed E-state index contributed by atoms with van der Waals surface area (Å²) in [6, 6.07) is 11.9. The van der Waals surface area contributed by atoms with Gasteiger partial charge in [0.15, 0.2) is 5.13 Å². The lowest BCUT2D eigenvalue weighted by atomic mass is 10.2. The molecule has 1 aromatic heterocycles. The molecule has 9 nitrogen and oxygen atoms in total. The fourth-order valence-electron chi connectivity index (χ4n) is 2.60. The molecule has 0 radical (unpaired) electrons. The maximum Gasteiger partial charge on any atom is 0.293 e. The molecule has 150 valence electrons. The number of hydrazone groups is 1. The minimum atomic E-state index is -0.557. The molecule has 1 amide bonds. The van der Waals surface area contributed by atoms with E-state index in [1.54, 1.807) is 38.1 Å². The largest absolute Gasteiger partial charge is 0.372 e. The number of amides is 1. The summed E-state index contributed by atoms with van der Waals surface area (Å²) in [6.07, 6.45) is 1.37. The van der Waals surface area contributed by atoms with E-state index in [2.05, 4.69) is 20.8 Å². The molecule has 2 aromatic carbocycles. The Morgan fingerprint density at radius 2 is 2.07 bits per heavy atom. The van der Waals surface area contributed by atoms with Crippen molar-refractivity contribution in [2.24, 2.45) is 5.10 Å². The van der Waals surface area contributed by atoms with Crippen molar-refractivity contribution in [3.63, 3.8) is 0 Å². The third-order valence-electron chi connectivity index (χ3n) is 4.09. The number of anilines is 2. The molecule has 0 fully saturated rings. The van der Waals surface area contributed by atoms with Crippen molar-refractivity contribution in [1.29, 1.82) is 0 Å². The van der Waals surface area contributed by atoms with Crippen LogP contribution in [0, 0.1) is 10.1 Å². The smallest absolute Gasteiger partial charge is 0.293 e. The Kier molecular flexibility index (Phi) is 6.03. The highest BCUT2D eigenvalue weighted by molar-refractivity contribution is 7.22. The van der Waals surface area contributed by atoms with Gasteiger partial charge in [-0.05, 0) is 25.1 Å². The molecular formula is C19H20N6O3S. The summed E-state index contributed by atoms with van der Waals surface area (Å²) in [4.78, 5) is 29.1. The van der Waals surface area contributed by atoms with Crippen LogP contribution in [-0.4, -0.2) is 42.2 Å². The fourth-order valence-corrected chi connectivity index (χ4v) is 3.55. The maximum atomic E-state index is 12.2. The lowest BCUT2D eigenvalue weighted by molar-refractivity contribution is -0.384. The number of aromatic nitrogens is 1. The molecule has 10 heteroatoms. The van der Waals surface area contributed by atoms with Crippen LogP contribution in [0.3, 0.4) is 0 Å². The van der Waals surface area contributed by atoms with Crippen LogP contribution in [0.4, 0.5) is 16.5 Å². The summed E-state index contributed by atoms with van der Waals surface area (Å²) in [6.45, 7) is 1.70. The first-order valence-electron chi connectivity index (χ1n) is 8.76. The summed E-state index contributed by atoms with van der Waals surface area (Å²) in [5.74, 6) is -0.347. The van der Waals surface area contributed by atoms with Gasteiger partial charge in [-0.3, -0.25) is 14.9 Å². The SMILES string of the molecule is C[C@@H](Nc1nc2ccccc2s1)C(=O)N/N=C\c1ccc(N(C)C)c([N+](=O)[O-])c1. The highest BCUT2D eigenvalue weighted by Crippen LogP contribution is 2.27. The first-order chi connectivity index (χ1) is 13.8. The number of hydrogen-bond donors (Lipinski definition) is 2. The topological polar surface area (TPSA) is 113 Å². The van der Waals surface area contributed by atoms with Crippen molar-refractivity contribution < 1.29 is 9.72 Å². The van der Waals surface area contributed by atoms with Crippen LogP contribution in [0.5, 0.6) is 0 Å². The van der Waals surface area contributed by atoms with Crippen LogP contribution in [0.2, 0.25) is 0 Å². The average Bonchev–Trinajstić information content (AvgIpc) is 3.09. The molecule has 0 spiro atoms. The molecule has 29 heavy (non-hydrogen) atoms. The molecule has 0 saturated carbocycles. The number of carbonyl (C=O) groups excluding carboxylic acids is 1. The minimum Gasteiger partial charge on any atom is -0.372 e. The van der Waals surface area contributed by atoms with Crippen molar-refractivity contribution in [1.82, 2.24) is 10.4 Å². The Balaban J connectivity index is 1.62. The van der Waals surface area contributed by atoms with E-state index in [1.807, 2.05) is 24.3 Å². The number of carbonyl (C=O) groups is 1. The molecule has 3 aromatic rings. The number of rotatable bonds is 7. The number of thiazole rings is 1. The zero-order valence-corrected chi connectivity index (χ0v) is 16.9. The normalized spacial score (nSPS) is 12.1. The second-order valence-corrected chi connectivity index (χ2v) is 7.52. The summed E-state index contributed by atoms with van der Waals surface area (Å²) < 4.78 is 1.03. The molecule has 0 aliphatic carbocycles. The Morgan fingerprint density at radius 1 is 1.31 bits per heavy atom. The van der Waals surface area contributed by atoms with Crippen molar-refractivity contribution in [3.8, 4) is 0 Å². The van der Waals surface area contributed by atoms with Gasteiger partial charge in [0.1, 0.15) is 11.7 Å². The van der Waals surface area contributed by atoms with Crippen LogP contribution in [-0.2, 0) is 4.79 Å². The van der Waals surface area contributed by atoms with Crippen LogP contribution < -0.4 is 15.6 Å². The zero-order valence-electron chi connectivity index (χ0n) is 16.1. The number of hydrogen-bond acceptors (Lipinski definition) is 8. The highest BCUT2D eigenvalue weighted by atomic mass is 32.1. The Morgan fingerprint density at radius 3 is 2.76 bits per heavy atom.